The van der Waals surface area contributed by atoms with Crippen LogP contribution in [0.3, 0.4) is 0 Å². The standard InChI is InChI=1S/C29H30N4O4/c1-4-20-9-11-21(12-10-20)18-33(29(35)31-26-8-6-5-7-25(26)28(34)37-3)19-23-17-30-32-27(23)22-13-15-24(36-2)16-14-22/h5-17H,4,18-19H2,1-3H3,(H,30,32)(H,31,35). The number of carbonyl (C=O) groups excluding carboxylic acids is 2. The molecule has 190 valence electrons. The lowest BCUT2D eigenvalue weighted by atomic mass is 10.1. The molecule has 0 aliphatic heterocycles. The Morgan fingerprint density at radius 1 is 0.919 bits per heavy atom. The van der Waals surface area contributed by atoms with E-state index in [2.05, 4.69) is 34.6 Å². The van der Waals surface area contributed by atoms with Crippen LogP contribution in [0.2, 0.25) is 0 Å². The number of aryl methyl sites for hydroxylation is 1. The van der Waals surface area contributed by atoms with Gasteiger partial charge in [-0.3, -0.25) is 5.10 Å². The van der Waals surface area contributed by atoms with Crippen molar-refractivity contribution in [3.8, 4) is 17.0 Å². The van der Waals surface area contributed by atoms with Crippen molar-refractivity contribution in [2.24, 2.45) is 0 Å². The Morgan fingerprint density at radius 2 is 1.62 bits per heavy atom. The van der Waals surface area contributed by atoms with Crippen molar-refractivity contribution in [3.05, 3.63) is 101 Å². The summed E-state index contributed by atoms with van der Waals surface area (Å²) in [5.74, 6) is 0.236. The number of esters is 1. The van der Waals surface area contributed by atoms with E-state index in [4.69, 9.17) is 9.47 Å². The number of benzene rings is 3. The van der Waals surface area contributed by atoms with E-state index in [9.17, 15) is 9.59 Å². The van der Waals surface area contributed by atoms with Crippen LogP contribution in [0.15, 0.2) is 79.0 Å². The Labute approximate surface area is 216 Å². The summed E-state index contributed by atoms with van der Waals surface area (Å²) in [5, 5.41) is 10.2. The number of hydrogen-bond acceptors (Lipinski definition) is 5. The van der Waals surface area contributed by atoms with Crippen molar-refractivity contribution in [2.45, 2.75) is 26.4 Å². The van der Waals surface area contributed by atoms with Crippen LogP contribution in [0.25, 0.3) is 11.3 Å². The minimum absolute atomic E-state index is 0.285. The Morgan fingerprint density at radius 3 is 2.30 bits per heavy atom. The van der Waals surface area contributed by atoms with E-state index in [0.717, 1.165) is 34.6 Å². The molecule has 0 bridgehead atoms. The fourth-order valence-corrected chi connectivity index (χ4v) is 4.02. The van der Waals surface area contributed by atoms with Crippen LogP contribution in [0.1, 0.15) is 34.0 Å². The Kier molecular flexibility index (Phi) is 8.20. The monoisotopic (exact) mass is 498 g/mol. The Bertz CT molecular complexity index is 1350. The first-order chi connectivity index (χ1) is 18.0. The van der Waals surface area contributed by atoms with Crippen LogP contribution < -0.4 is 10.1 Å². The quantitative estimate of drug-likeness (QED) is 0.290. The van der Waals surface area contributed by atoms with Gasteiger partial charge in [-0.2, -0.15) is 5.10 Å². The van der Waals surface area contributed by atoms with E-state index >= 15 is 0 Å². The van der Waals surface area contributed by atoms with Crippen LogP contribution in [-0.4, -0.2) is 41.3 Å². The molecular weight excluding hydrogens is 468 g/mol. The third kappa shape index (κ3) is 6.16. The van der Waals surface area contributed by atoms with Crippen molar-refractivity contribution in [3.63, 3.8) is 0 Å². The lowest BCUT2D eigenvalue weighted by Crippen LogP contribution is -2.34. The largest absolute Gasteiger partial charge is 0.497 e. The van der Waals surface area contributed by atoms with Gasteiger partial charge in [0.2, 0.25) is 0 Å². The SMILES string of the molecule is CCc1ccc(CN(Cc2cn[nH]c2-c2ccc(OC)cc2)C(=O)Nc2ccccc2C(=O)OC)cc1. The van der Waals surface area contributed by atoms with Gasteiger partial charge in [0.1, 0.15) is 5.75 Å². The number of aromatic nitrogens is 2. The van der Waals surface area contributed by atoms with Crippen LogP contribution in [-0.2, 0) is 24.2 Å². The average Bonchev–Trinajstić information content (AvgIpc) is 3.41. The molecule has 1 aromatic heterocycles. The minimum atomic E-state index is -0.519. The van der Waals surface area contributed by atoms with Gasteiger partial charge in [-0.05, 0) is 53.9 Å². The molecule has 0 aliphatic carbocycles. The third-order valence-electron chi connectivity index (χ3n) is 6.12. The number of rotatable bonds is 9. The number of anilines is 1. The summed E-state index contributed by atoms with van der Waals surface area (Å²) in [6, 6.07) is 22.3. The van der Waals surface area contributed by atoms with Crippen LogP contribution in [0.5, 0.6) is 5.75 Å². The smallest absolute Gasteiger partial charge is 0.339 e. The van der Waals surface area contributed by atoms with Crippen molar-refractivity contribution in [1.82, 2.24) is 15.1 Å². The zero-order valence-electron chi connectivity index (χ0n) is 21.2. The van der Waals surface area contributed by atoms with Gasteiger partial charge in [-0.15, -0.1) is 0 Å². The summed E-state index contributed by atoms with van der Waals surface area (Å²) < 4.78 is 10.1. The molecule has 8 heteroatoms. The van der Waals surface area contributed by atoms with Crippen molar-refractivity contribution >= 4 is 17.7 Å². The maximum Gasteiger partial charge on any atom is 0.339 e. The highest BCUT2D eigenvalue weighted by Gasteiger charge is 2.21. The molecule has 4 aromatic rings. The molecule has 0 saturated carbocycles. The molecule has 0 radical (unpaired) electrons. The number of methoxy groups -OCH3 is 2. The van der Waals surface area contributed by atoms with Gasteiger partial charge in [0.05, 0.1) is 43.9 Å². The molecular formula is C29H30N4O4. The number of hydrogen-bond donors (Lipinski definition) is 2. The minimum Gasteiger partial charge on any atom is -0.497 e. The molecule has 0 fully saturated rings. The van der Waals surface area contributed by atoms with Crippen molar-refractivity contribution in [1.29, 1.82) is 0 Å². The number of carbonyl (C=O) groups is 2. The second-order valence-corrected chi connectivity index (χ2v) is 8.49. The van der Waals surface area contributed by atoms with E-state index in [0.29, 0.717) is 18.8 Å². The van der Waals surface area contributed by atoms with Crippen molar-refractivity contribution < 1.29 is 19.1 Å². The number of aromatic amines is 1. The molecule has 37 heavy (non-hydrogen) atoms. The van der Waals surface area contributed by atoms with Crippen molar-refractivity contribution in [2.75, 3.05) is 19.5 Å². The molecule has 8 nitrogen and oxygen atoms in total. The summed E-state index contributed by atoms with van der Waals surface area (Å²) in [7, 11) is 2.94. The topological polar surface area (TPSA) is 96.5 Å². The molecule has 2 N–H and O–H groups in total. The fourth-order valence-electron chi connectivity index (χ4n) is 4.02. The van der Waals surface area contributed by atoms with Gasteiger partial charge >= 0.3 is 12.0 Å². The highest BCUT2D eigenvalue weighted by atomic mass is 16.5. The van der Waals surface area contributed by atoms with Gasteiger partial charge in [-0.25, -0.2) is 9.59 Å². The van der Waals surface area contributed by atoms with Gasteiger partial charge in [0.25, 0.3) is 0 Å². The summed E-state index contributed by atoms with van der Waals surface area (Å²) in [6.07, 6.45) is 2.66. The first-order valence-electron chi connectivity index (χ1n) is 12.0. The van der Waals surface area contributed by atoms with E-state index < -0.39 is 5.97 Å². The zero-order chi connectivity index (χ0) is 26.2. The molecule has 3 aromatic carbocycles. The first-order valence-corrected chi connectivity index (χ1v) is 12.0. The normalized spacial score (nSPS) is 10.6. The number of nitrogens with one attached hydrogen (secondary N) is 2. The lowest BCUT2D eigenvalue weighted by molar-refractivity contribution is 0.0602. The molecule has 0 aliphatic rings. The first kappa shape index (κ1) is 25.5. The molecule has 4 rings (SSSR count). The lowest BCUT2D eigenvalue weighted by Gasteiger charge is -2.24. The number of nitrogens with zero attached hydrogens (tertiary/aromatic N) is 2. The number of H-pyrrole nitrogens is 1. The maximum atomic E-state index is 13.6. The molecule has 0 saturated heterocycles. The number of urea groups is 1. The van der Waals surface area contributed by atoms with Gasteiger partial charge in [-0.1, -0.05) is 43.3 Å². The van der Waals surface area contributed by atoms with E-state index in [1.165, 1.54) is 12.7 Å². The van der Waals surface area contributed by atoms with E-state index in [1.54, 1.807) is 42.5 Å². The van der Waals surface area contributed by atoms with Crippen LogP contribution >= 0.6 is 0 Å². The number of ether oxygens (including phenoxy) is 2. The molecule has 1 heterocycles. The van der Waals surface area contributed by atoms with E-state index in [-0.39, 0.29) is 11.6 Å². The Hall–Kier alpha value is -4.59. The fraction of sp³-hybridized carbons (Fsp3) is 0.207. The third-order valence-corrected chi connectivity index (χ3v) is 6.12. The summed E-state index contributed by atoms with van der Waals surface area (Å²) in [5.41, 5.74) is 5.48. The molecule has 0 unspecified atom stereocenters. The van der Waals surface area contributed by atoms with E-state index in [1.807, 2.05) is 36.4 Å². The van der Waals surface area contributed by atoms with Crippen LogP contribution in [0.4, 0.5) is 10.5 Å². The summed E-state index contributed by atoms with van der Waals surface area (Å²) in [4.78, 5) is 27.5. The predicted molar refractivity (Wildman–Crippen MR) is 142 cm³/mol. The molecule has 0 spiro atoms. The van der Waals surface area contributed by atoms with Crippen LogP contribution in [0, 0.1) is 0 Å². The highest BCUT2D eigenvalue weighted by molar-refractivity contribution is 6.00. The van der Waals surface area contributed by atoms with Gasteiger partial charge in [0, 0.05) is 17.7 Å². The highest BCUT2D eigenvalue weighted by Crippen LogP contribution is 2.26. The van der Waals surface area contributed by atoms with Gasteiger partial charge < -0.3 is 19.7 Å². The zero-order valence-corrected chi connectivity index (χ0v) is 21.2. The second kappa shape index (κ2) is 11.9. The number of amides is 2. The predicted octanol–water partition coefficient (Wildman–Crippen LogP) is 5.67. The number of para-hydroxylation sites is 1. The average molecular weight is 499 g/mol. The molecule has 0 atom stereocenters. The van der Waals surface area contributed by atoms with Gasteiger partial charge in [0.15, 0.2) is 0 Å². The maximum absolute atomic E-state index is 13.6. The molecule has 2 amide bonds. The second-order valence-electron chi connectivity index (χ2n) is 8.49. The summed E-state index contributed by atoms with van der Waals surface area (Å²) in [6.45, 7) is 2.76. The Balaban J connectivity index is 1.63. The summed E-state index contributed by atoms with van der Waals surface area (Å²) >= 11 is 0.